The number of hydrogen-bond acceptors (Lipinski definition) is 6. The Hall–Kier alpha value is -2.16. The molecule has 29 heavy (non-hydrogen) atoms. The van der Waals surface area contributed by atoms with Crippen LogP contribution in [0.3, 0.4) is 0 Å². The third-order valence-corrected chi connectivity index (χ3v) is 7.05. The van der Waals surface area contributed by atoms with E-state index in [1.807, 2.05) is 49.5 Å². The van der Waals surface area contributed by atoms with Crippen LogP contribution in [0.25, 0.3) is 0 Å². The van der Waals surface area contributed by atoms with Crippen molar-refractivity contribution in [3.05, 3.63) is 53.7 Å². The average Bonchev–Trinajstić information content (AvgIpc) is 3.04. The van der Waals surface area contributed by atoms with Crippen LogP contribution in [0.15, 0.2) is 42.6 Å². The van der Waals surface area contributed by atoms with E-state index < -0.39 is 16.1 Å². The van der Waals surface area contributed by atoms with Crippen LogP contribution in [0, 0.1) is 0 Å². The molecule has 0 bridgehead atoms. The first-order valence-corrected chi connectivity index (χ1v) is 11.9. The Morgan fingerprint density at radius 2 is 1.93 bits per heavy atom. The molecule has 0 radical (unpaired) electrons. The summed E-state index contributed by atoms with van der Waals surface area (Å²) in [6.07, 6.45) is 3.13. The summed E-state index contributed by atoms with van der Waals surface area (Å²) in [6.45, 7) is 6.00. The van der Waals surface area contributed by atoms with Crippen molar-refractivity contribution in [2.75, 3.05) is 48.2 Å². The van der Waals surface area contributed by atoms with Gasteiger partial charge in [-0.25, -0.2) is 13.4 Å². The first kappa shape index (κ1) is 20.1. The number of sulfonamides is 1. The number of piperazine rings is 1. The van der Waals surface area contributed by atoms with Gasteiger partial charge in [0.25, 0.3) is 0 Å². The molecule has 2 aliphatic rings. The van der Waals surface area contributed by atoms with Gasteiger partial charge in [0, 0.05) is 45.0 Å². The number of pyridine rings is 1. The van der Waals surface area contributed by atoms with Crippen molar-refractivity contribution in [2.24, 2.45) is 0 Å². The SMILES string of the molecule is C[C@H]1Cc2cc([C@@H](O)CN3CCN(c4ccccn4)CC3)ccc2N1S(C)(=O)=O. The molecule has 0 saturated carbocycles. The highest BCUT2D eigenvalue weighted by Gasteiger charge is 2.33. The van der Waals surface area contributed by atoms with Crippen LogP contribution in [0.5, 0.6) is 0 Å². The number of anilines is 2. The maximum Gasteiger partial charge on any atom is 0.232 e. The molecule has 4 rings (SSSR count). The molecular formula is C21H28N4O3S. The minimum absolute atomic E-state index is 0.0907. The number of aliphatic hydroxyl groups excluding tert-OH is 1. The largest absolute Gasteiger partial charge is 0.387 e. The zero-order valence-corrected chi connectivity index (χ0v) is 17.7. The minimum Gasteiger partial charge on any atom is -0.387 e. The van der Waals surface area contributed by atoms with Gasteiger partial charge in [-0.1, -0.05) is 18.2 Å². The van der Waals surface area contributed by atoms with Crippen molar-refractivity contribution in [1.82, 2.24) is 9.88 Å². The molecule has 1 fully saturated rings. The van der Waals surface area contributed by atoms with Crippen LogP contribution in [-0.2, 0) is 16.4 Å². The van der Waals surface area contributed by atoms with Crippen molar-refractivity contribution in [1.29, 1.82) is 0 Å². The van der Waals surface area contributed by atoms with Crippen molar-refractivity contribution < 1.29 is 13.5 Å². The zero-order valence-electron chi connectivity index (χ0n) is 16.9. The second-order valence-electron chi connectivity index (χ2n) is 7.99. The summed E-state index contributed by atoms with van der Waals surface area (Å²) < 4.78 is 25.6. The molecule has 2 aromatic rings. The van der Waals surface area contributed by atoms with Gasteiger partial charge in [-0.3, -0.25) is 9.21 Å². The molecule has 1 aromatic carbocycles. The predicted molar refractivity (Wildman–Crippen MR) is 115 cm³/mol. The fraction of sp³-hybridized carbons (Fsp3) is 0.476. The molecular weight excluding hydrogens is 388 g/mol. The number of rotatable bonds is 5. The van der Waals surface area contributed by atoms with E-state index in [9.17, 15) is 13.5 Å². The third-order valence-electron chi connectivity index (χ3n) is 5.78. The summed E-state index contributed by atoms with van der Waals surface area (Å²) in [6, 6.07) is 11.5. The Morgan fingerprint density at radius 3 is 2.59 bits per heavy atom. The average molecular weight is 417 g/mol. The number of hydrogen-bond donors (Lipinski definition) is 1. The highest BCUT2D eigenvalue weighted by molar-refractivity contribution is 7.92. The van der Waals surface area contributed by atoms with Crippen LogP contribution in [0.4, 0.5) is 11.5 Å². The number of nitrogens with zero attached hydrogens (tertiary/aromatic N) is 4. The Morgan fingerprint density at radius 1 is 1.17 bits per heavy atom. The number of aromatic nitrogens is 1. The van der Waals surface area contributed by atoms with Crippen LogP contribution in [-0.4, -0.2) is 68.4 Å². The topological polar surface area (TPSA) is 77.0 Å². The van der Waals surface area contributed by atoms with E-state index in [4.69, 9.17) is 0 Å². The highest BCUT2D eigenvalue weighted by atomic mass is 32.2. The van der Waals surface area contributed by atoms with Gasteiger partial charge in [-0.2, -0.15) is 0 Å². The van der Waals surface area contributed by atoms with E-state index >= 15 is 0 Å². The quantitative estimate of drug-likeness (QED) is 0.799. The van der Waals surface area contributed by atoms with Gasteiger partial charge in [0.05, 0.1) is 18.0 Å². The van der Waals surface area contributed by atoms with Gasteiger partial charge >= 0.3 is 0 Å². The maximum absolute atomic E-state index is 12.1. The van der Waals surface area contributed by atoms with Gasteiger partial charge in [-0.05, 0) is 42.7 Å². The third kappa shape index (κ3) is 4.24. The number of benzene rings is 1. The summed E-state index contributed by atoms with van der Waals surface area (Å²) in [4.78, 5) is 8.94. The van der Waals surface area contributed by atoms with Gasteiger partial charge in [0.1, 0.15) is 5.82 Å². The molecule has 8 heteroatoms. The monoisotopic (exact) mass is 416 g/mol. The molecule has 0 aliphatic carbocycles. The van der Waals surface area contributed by atoms with Crippen LogP contribution in [0.1, 0.15) is 24.2 Å². The first-order valence-electron chi connectivity index (χ1n) is 10.0. The van der Waals surface area contributed by atoms with Crippen molar-refractivity contribution in [3.8, 4) is 0 Å². The molecule has 3 heterocycles. The summed E-state index contributed by atoms with van der Waals surface area (Å²) in [7, 11) is -3.30. The van der Waals surface area contributed by atoms with Crippen molar-refractivity contribution >= 4 is 21.5 Å². The fourth-order valence-electron chi connectivity index (χ4n) is 4.39. The maximum atomic E-state index is 12.1. The Kier molecular flexibility index (Phi) is 5.50. The highest BCUT2D eigenvalue weighted by Crippen LogP contribution is 2.35. The fourth-order valence-corrected chi connectivity index (χ4v) is 5.65. The molecule has 0 unspecified atom stereocenters. The standard InChI is InChI=1S/C21H28N4O3S/c1-16-13-18-14-17(6-7-19(18)25(16)29(2,27)28)20(26)15-23-9-11-24(12-10-23)21-5-3-4-8-22-21/h3-8,14,16,20,26H,9-13,15H2,1-2H3/t16-,20-/m0/s1. The van der Waals surface area contributed by atoms with Gasteiger partial charge < -0.3 is 10.0 Å². The minimum atomic E-state index is -3.30. The molecule has 2 atom stereocenters. The van der Waals surface area contributed by atoms with Crippen molar-refractivity contribution in [2.45, 2.75) is 25.5 Å². The van der Waals surface area contributed by atoms with E-state index in [1.54, 1.807) is 0 Å². The molecule has 2 aliphatic heterocycles. The second-order valence-corrected chi connectivity index (χ2v) is 9.85. The second kappa shape index (κ2) is 7.93. The van der Waals surface area contributed by atoms with Gasteiger partial charge in [0.2, 0.25) is 10.0 Å². The van der Waals surface area contributed by atoms with E-state index in [1.165, 1.54) is 10.6 Å². The molecule has 0 amide bonds. The predicted octanol–water partition coefficient (Wildman–Crippen LogP) is 1.65. The summed E-state index contributed by atoms with van der Waals surface area (Å²) in [5.41, 5.74) is 2.57. The van der Waals surface area contributed by atoms with Crippen LogP contribution in [0.2, 0.25) is 0 Å². The van der Waals surface area contributed by atoms with Crippen molar-refractivity contribution in [3.63, 3.8) is 0 Å². The Bertz CT molecular complexity index is 959. The lowest BCUT2D eigenvalue weighted by Crippen LogP contribution is -2.47. The van der Waals surface area contributed by atoms with E-state index in [-0.39, 0.29) is 6.04 Å². The zero-order chi connectivity index (χ0) is 20.6. The smallest absolute Gasteiger partial charge is 0.232 e. The number of β-amino-alcohol motifs (C(OH)–C–C–N with tert-alkyl or cyclic N) is 1. The van der Waals surface area contributed by atoms with Crippen LogP contribution < -0.4 is 9.21 Å². The summed E-state index contributed by atoms with van der Waals surface area (Å²) in [5.74, 6) is 0.996. The van der Waals surface area contributed by atoms with E-state index in [0.717, 1.165) is 48.8 Å². The lowest BCUT2D eigenvalue weighted by Gasteiger charge is -2.36. The normalized spacial score (nSPS) is 21.3. The van der Waals surface area contributed by atoms with Gasteiger partial charge in [0.15, 0.2) is 0 Å². The Labute approximate surface area is 172 Å². The molecule has 1 aromatic heterocycles. The molecule has 1 N–H and O–H groups in total. The van der Waals surface area contributed by atoms with Gasteiger partial charge in [-0.15, -0.1) is 0 Å². The Balaban J connectivity index is 1.39. The first-order chi connectivity index (χ1) is 13.8. The number of fused-ring (bicyclic) bond motifs is 1. The van der Waals surface area contributed by atoms with E-state index in [0.29, 0.717) is 13.0 Å². The molecule has 7 nitrogen and oxygen atoms in total. The summed E-state index contributed by atoms with van der Waals surface area (Å²) in [5, 5.41) is 10.8. The molecule has 0 spiro atoms. The molecule has 1 saturated heterocycles. The lowest BCUT2D eigenvalue weighted by molar-refractivity contribution is 0.109. The lowest BCUT2D eigenvalue weighted by atomic mass is 10.0. The number of aliphatic hydroxyl groups is 1. The summed E-state index contributed by atoms with van der Waals surface area (Å²) >= 11 is 0. The van der Waals surface area contributed by atoms with E-state index in [2.05, 4.69) is 14.8 Å². The molecule has 156 valence electrons. The van der Waals surface area contributed by atoms with Crippen LogP contribution >= 0.6 is 0 Å².